The summed E-state index contributed by atoms with van der Waals surface area (Å²) in [5.74, 6) is -0.523. The zero-order valence-electron chi connectivity index (χ0n) is 17.3. The minimum absolute atomic E-state index is 0.145. The molecule has 1 amide bonds. The number of aryl methyl sites for hydroxylation is 2. The number of benzene rings is 2. The largest absolute Gasteiger partial charge is 0.360 e. The second-order valence-corrected chi connectivity index (χ2v) is 8.91. The highest BCUT2D eigenvalue weighted by Gasteiger charge is 2.18. The van der Waals surface area contributed by atoms with E-state index in [1.165, 1.54) is 48.4 Å². The monoisotopic (exact) mass is 439 g/mol. The second-order valence-electron chi connectivity index (χ2n) is 7.49. The minimum Gasteiger partial charge on any atom is -0.360 e. The Kier molecular flexibility index (Phi) is 7.10. The molecule has 31 heavy (non-hydrogen) atoms. The zero-order valence-corrected chi connectivity index (χ0v) is 18.1. The number of rotatable bonds is 7. The lowest BCUT2D eigenvalue weighted by Gasteiger charge is -2.21. The second kappa shape index (κ2) is 9.77. The molecule has 0 fully saturated rings. The van der Waals surface area contributed by atoms with E-state index in [0.717, 1.165) is 18.4 Å². The number of fused-ring (bicyclic) bond motifs is 1. The lowest BCUT2D eigenvalue weighted by Crippen LogP contribution is -2.29. The first-order valence-corrected chi connectivity index (χ1v) is 11.6. The average molecular weight is 440 g/mol. The molecule has 0 spiro atoms. The van der Waals surface area contributed by atoms with Crippen molar-refractivity contribution in [1.29, 1.82) is 5.26 Å². The summed E-state index contributed by atoms with van der Waals surface area (Å²) in [6.07, 6.45) is 6.40. The number of amides is 1. The number of nitriles is 1. The van der Waals surface area contributed by atoms with Gasteiger partial charge >= 0.3 is 0 Å². The van der Waals surface area contributed by atoms with Crippen LogP contribution < -0.4 is 10.6 Å². The van der Waals surface area contributed by atoms with Crippen LogP contribution in [0, 0.1) is 11.3 Å². The van der Waals surface area contributed by atoms with Gasteiger partial charge in [-0.1, -0.05) is 31.2 Å². The highest BCUT2D eigenvalue weighted by Crippen LogP contribution is 2.26. The van der Waals surface area contributed by atoms with E-state index in [0.29, 0.717) is 12.1 Å². The summed E-state index contributed by atoms with van der Waals surface area (Å²) in [6, 6.07) is 13.4. The fraction of sp³-hybridized carbons (Fsp3) is 0.304. The molecule has 0 heterocycles. The van der Waals surface area contributed by atoms with Gasteiger partial charge in [0, 0.05) is 11.9 Å². The van der Waals surface area contributed by atoms with Crippen LogP contribution in [0.2, 0.25) is 0 Å². The molecule has 0 saturated carbocycles. The first-order chi connectivity index (χ1) is 14.8. The van der Waals surface area contributed by atoms with Crippen molar-refractivity contribution in [1.82, 2.24) is 5.32 Å². The summed E-state index contributed by atoms with van der Waals surface area (Å²) in [4.78, 5) is 12.4. The van der Waals surface area contributed by atoms with Crippen molar-refractivity contribution in [2.24, 2.45) is 0 Å². The maximum atomic E-state index is 12.7. The summed E-state index contributed by atoms with van der Waals surface area (Å²) in [6.45, 7) is 1.97. The number of anilines is 1. The fourth-order valence-corrected chi connectivity index (χ4v) is 4.20. The molecular formula is C23H25N3O4S. The van der Waals surface area contributed by atoms with Gasteiger partial charge in [-0.2, -0.15) is 13.7 Å². The van der Waals surface area contributed by atoms with Crippen molar-refractivity contribution in [3.05, 3.63) is 70.9 Å². The van der Waals surface area contributed by atoms with Gasteiger partial charge in [-0.05, 0) is 67.0 Å². The summed E-state index contributed by atoms with van der Waals surface area (Å²) in [7, 11) is -4.35. The normalized spacial score (nSPS) is 14.8. The van der Waals surface area contributed by atoms with Gasteiger partial charge in [-0.15, -0.1) is 0 Å². The average Bonchev–Trinajstić information content (AvgIpc) is 2.77. The van der Waals surface area contributed by atoms with Gasteiger partial charge in [0.05, 0.1) is 10.9 Å². The van der Waals surface area contributed by atoms with Crippen molar-refractivity contribution >= 4 is 21.7 Å². The van der Waals surface area contributed by atoms with Crippen LogP contribution in [0.25, 0.3) is 0 Å². The minimum atomic E-state index is -4.35. The first kappa shape index (κ1) is 22.5. The molecule has 2 aromatic carbocycles. The van der Waals surface area contributed by atoms with Crippen molar-refractivity contribution < 1.29 is 17.8 Å². The van der Waals surface area contributed by atoms with Gasteiger partial charge in [0.1, 0.15) is 11.6 Å². The molecule has 1 unspecified atom stereocenters. The number of carbonyl (C=O) groups is 1. The van der Waals surface area contributed by atoms with E-state index in [4.69, 9.17) is 4.55 Å². The van der Waals surface area contributed by atoms with Gasteiger partial charge in [0.2, 0.25) is 0 Å². The van der Waals surface area contributed by atoms with Crippen molar-refractivity contribution in [3.8, 4) is 6.07 Å². The van der Waals surface area contributed by atoms with Crippen LogP contribution in [0.3, 0.4) is 0 Å². The summed E-state index contributed by atoms with van der Waals surface area (Å²) in [5.41, 5.74) is 3.88. The first-order valence-electron chi connectivity index (χ1n) is 10.2. The van der Waals surface area contributed by atoms with Crippen molar-refractivity contribution in [3.63, 3.8) is 0 Å². The van der Waals surface area contributed by atoms with E-state index in [-0.39, 0.29) is 16.5 Å². The Morgan fingerprint density at radius 3 is 2.61 bits per heavy atom. The van der Waals surface area contributed by atoms with Crippen molar-refractivity contribution in [2.75, 3.05) is 5.32 Å². The Bertz CT molecular complexity index is 1150. The molecule has 0 radical (unpaired) electrons. The quantitative estimate of drug-likeness (QED) is 0.342. The zero-order chi connectivity index (χ0) is 22.4. The van der Waals surface area contributed by atoms with Gasteiger partial charge < -0.3 is 10.6 Å². The lowest BCUT2D eigenvalue weighted by molar-refractivity contribution is -0.117. The third kappa shape index (κ3) is 5.72. The Balaban J connectivity index is 1.73. The van der Waals surface area contributed by atoms with Crippen LogP contribution in [0.15, 0.2) is 59.1 Å². The fourth-order valence-electron chi connectivity index (χ4n) is 3.68. The smallest absolute Gasteiger partial charge is 0.294 e. The molecular weight excluding hydrogens is 414 g/mol. The Morgan fingerprint density at radius 1 is 1.19 bits per heavy atom. The van der Waals surface area contributed by atoms with E-state index in [2.05, 4.69) is 22.8 Å². The summed E-state index contributed by atoms with van der Waals surface area (Å²) >= 11 is 0. The third-order valence-electron chi connectivity index (χ3n) is 5.37. The highest BCUT2D eigenvalue weighted by atomic mass is 32.2. The van der Waals surface area contributed by atoms with E-state index < -0.39 is 16.0 Å². The van der Waals surface area contributed by atoms with Gasteiger partial charge in [0.15, 0.2) is 0 Å². The summed E-state index contributed by atoms with van der Waals surface area (Å²) in [5, 5.41) is 15.1. The Hall–Kier alpha value is -3.15. The van der Waals surface area contributed by atoms with Crippen LogP contribution in [-0.4, -0.2) is 18.9 Å². The van der Waals surface area contributed by atoms with Crippen LogP contribution in [-0.2, 0) is 27.8 Å². The molecule has 1 atom stereocenters. The molecule has 1 aliphatic rings. The van der Waals surface area contributed by atoms with Crippen LogP contribution in [0.4, 0.5) is 5.69 Å². The van der Waals surface area contributed by atoms with Crippen molar-refractivity contribution in [2.45, 2.75) is 50.0 Å². The third-order valence-corrected chi connectivity index (χ3v) is 6.22. The number of hydrogen-bond donors (Lipinski definition) is 3. The van der Waals surface area contributed by atoms with Gasteiger partial charge in [0.25, 0.3) is 16.0 Å². The van der Waals surface area contributed by atoms with E-state index in [1.807, 2.05) is 19.1 Å². The number of nitrogens with zero attached hydrogens (tertiary/aromatic N) is 1. The molecule has 2 aromatic rings. The predicted octanol–water partition coefficient (Wildman–Crippen LogP) is 3.90. The SMILES string of the molecule is CCC(NC(=O)/C(C#N)=C\Nc1cccc(S(=O)(=O)O)c1)c1ccc2c(c1)CCCC2. The Labute approximate surface area is 182 Å². The van der Waals surface area contributed by atoms with Gasteiger partial charge in [-0.3, -0.25) is 9.35 Å². The molecule has 3 rings (SSSR count). The maximum Gasteiger partial charge on any atom is 0.294 e. The molecule has 3 N–H and O–H groups in total. The molecule has 162 valence electrons. The molecule has 0 aromatic heterocycles. The predicted molar refractivity (Wildman–Crippen MR) is 118 cm³/mol. The van der Waals surface area contributed by atoms with E-state index in [9.17, 15) is 18.5 Å². The highest BCUT2D eigenvalue weighted by molar-refractivity contribution is 7.85. The van der Waals surface area contributed by atoms with E-state index in [1.54, 1.807) is 6.07 Å². The number of hydrogen-bond acceptors (Lipinski definition) is 5. The Morgan fingerprint density at radius 2 is 1.94 bits per heavy atom. The lowest BCUT2D eigenvalue weighted by atomic mass is 9.88. The molecule has 0 aliphatic heterocycles. The molecule has 1 aliphatic carbocycles. The van der Waals surface area contributed by atoms with Crippen LogP contribution >= 0.6 is 0 Å². The summed E-state index contributed by atoms with van der Waals surface area (Å²) < 4.78 is 31.7. The number of nitrogens with one attached hydrogen (secondary N) is 2. The standard InChI is InChI=1S/C23H25N3O4S/c1-2-22(18-11-10-16-6-3-4-7-17(16)12-18)26-23(27)19(14-24)15-25-20-8-5-9-21(13-20)31(28,29)30/h5,8-13,15,22,25H,2-4,6-7H2,1H3,(H,26,27)(H,28,29,30)/b19-15-. The van der Waals surface area contributed by atoms with E-state index >= 15 is 0 Å². The van der Waals surface area contributed by atoms with Crippen LogP contribution in [0.1, 0.15) is 48.9 Å². The molecule has 0 bridgehead atoms. The molecule has 7 nitrogen and oxygen atoms in total. The number of carbonyl (C=O) groups excluding carboxylic acids is 1. The van der Waals surface area contributed by atoms with Gasteiger partial charge in [-0.25, -0.2) is 0 Å². The topological polar surface area (TPSA) is 119 Å². The van der Waals surface area contributed by atoms with Crippen LogP contribution in [0.5, 0.6) is 0 Å². The maximum absolute atomic E-state index is 12.7. The molecule has 8 heteroatoms. The molecule has 0 saturated heterocycles.